The average molecular weight is 291 g/mol. The van der Waals surface area contributed by atoms with Gasteiger partial charge in [0.2, 0.25) is 0 Å². The highest BCUT2D eigenvalue weighted by molar-refractivity contribution is 5.40. The van der Waals surface area contributed by atoms with E-state index in [9.17, 15) is 5.11 Å². The van der Waals surface area contributed by atoms with Gasteiger partial charge >= 0.3 is 0 Å². The predicted octanol–water partition coefficient (Wildman–Crippen LogP) is 1.48. The van der Waals surface area contributed by atoms with Crippen molar-refractivity contribution < 1.29 is 5.11 Å². The molecular weight excluding hydrogens is 278 g/mol. The van der Waals surface area contributed by atoms with Gasteiger partial charge in [-0.1, -0.05) is 23.4 Å². The van der Waals surface area contributed by atoms with Crippen molar-refractivity contribution in [1.29, 1.82) is 5.26 Å². The molecule has 0 fully saturated rings. The maximum atomic E-state index is 11.3. The van der Waals surface area contributed by atoms with Crippen LogP contribution in [0.2, 0.25) is 0 Å². The van der Waals surface area contributed by atoms with Gasteiger partial charge < -0.3 is 5.11 Å². The molecule has 0 aliphatic carbocycles. The van der Waals surface area contributed by atoms with Crippen molar-refractivity contribution in [2.75, 3.05) is 0 Å². The third-order valence-corrected chi connectivity index (χ3v) is 3.47. The Morgan fingerprint density at radius 1 is 1.18 bits per heavy atom. The molecule has 0 spiro atoms. The van der Waals surface area contributed by atoms with Crippen LogP contribution in [-0.2, 0) is 12.1 Å². The highest BCUT2D eigenvalue weighted by Crippen LogP contribution is 2.31. The number of hydrogen-bond donors (Lipinski definition) is 1. The summed E-state index contributed by atoms with van der Waals surface area (Å²) in [4.78, 5) is 4.08. The number of hydrogen-bond acceptors (Lipinski definition) is 5. The van der Waals surface area contributed by atoms with E-state index in [0.29, 0.717) is 16.7 Å². The molecule has 6 nitrogen and oxygen atoms in total. The summed E-state index contributed by atoms with van der Waals surface area (Å²) in [5, 5.41) is 28.1. The maximum absolute atomic E-state index is 11.3. The molecule has 0 amide bonds. The van der Waals surface area contributed by atoms with Crippen LogP contribution in [0.15, 0.2) is 61.2 Å². The predicted molar refractivity (Wildman–Crippen MR) is 78.4 cm³/mol. The molecule has 0 aliphatic heterocycles. The van der Waals surface area contributed by atoms with Crippen molar-refractivity contribution in [1.82, 2.24) is 20.0 Å². The van der Waals surface area contributed by atoms with E-state index in [2.05, 4.69) is 21.4 Å². The van der Waals surface area contributed by atoms with Crippen molar-refractivity contribution in [2.45, 2.75) is 12.1 Å². The summed E-state index contributed by atoms with van der Waals surface area (Å²) in [5.74, 6) is 0. The highest BCUT2D eigenvalue weighted by Gasteiger charge is 2.33. The Balaban J connectivity index is 2.12. The lowest BCUT2D eigenvalue weighted by Crippen LogP contribution is -2.33. The first-order valence-corrected chi connectivity index (χ1v) is 6.70. The van der Waals surface area contributed by atoms with E-state index in [1.807, 2.05) is 0 Å². The van der Waals surface area contributed by atoms with Gasteiger partial charge in [-0.3, -0.25) is 4.98 Å². The number of nitrogens with zero attached hydrogens (tertiary/aromatic N) is 5. The van der Waals surface area contributed by atoms with E-state index in [4.69, 9.17) is 5.26 Å². The van der Waals surface area contributed by atoms with Crippen molar-refractivity contribution in [2.24, 2.45) is 0 Å². The van der Waals surface area contributed by atoms with Crippen LogP contribution in [0.25, 0.3) is 0 Å². The van der Waals surface area contributed by atoms with E-state index < -0.39 is 5.60 Å². The van der Waals surface area contributed by atoms with Gasteiger partial charge in [0.25, 0.3) is 0 Å². The van der Waals surface area contributed by atoms with Crippen molar-refractivity contribution in [3.63, 3.8) is 0 Å². The van der Waals surface area contributed by atoms with E-state index >= 15 is 0 Å². The molecule has 0 radical (unpaired) electrons. The molecule has 0 saturated heterocycles. The lowest BCUT2D eigenvalue weighted by Gasteiger charge is -2.28. The molecule has 6 heteroatoms. The van der Waals surface area contributed by atoms with Crippen LogP contribution in [0, 0.1) is 11.3 Å². The summed E-state index contributed by atoms with van der Waals surface area (Å²) in [6.07, 6.45) is 6.48. The minimum absolute atomic E-state index is 0.174. The molecule has 3 rings (SSSR count). The summed E-state index contributed by atoms with van der Waals surface area (Å²) in [6, 6.07) is 12.5. The zero-order valence-corrected chi connectivity index (χ0v) is 11.7. The Labute approximate surface area is 127 Å². The molecule has 1 atom stereocenters. The summed E-state index contributed by atoms with van der Waals surface area (Å²) in [6.45, 7) is 0.174. The lowest BCUT2D eigenvalue weighted by molar-refractivity contribution is 0.0564. The largest absolute Gasteiger partial charge is 0.378 e. The highest BCUT2D eigenvalue weighted by atomic mass is 16.3. The van der Waals surface area contributed by atoms with Gasteiger partial charge in [0.05, 0.1) is 24.4 Å². The molecule has 2 aromatic heterocycles. The van der Waals surface area contributed by atoms with E-state index in [0.717, 1.165) is 0 Å². The topological polar surface area (TPSA) is 87.6 Å². The quantitative estimate of drug-likeness (QED) is 0.786. The normalized spacial score (nSPS) is 13.3. The SMILES string of the molecule is N#Cc1cccc(C(O)(Cn2ccnn2)c2cccnc2)c1. The van der Waals surface area contributed by atoms with Crippen LogP contribution < -0.4 is 0 Å². The van der Waals surface area contributed by atoms with Crippen LogP contribution in [0.1, 0.15) is 16.7 Å². The van der Waals surface area contributed by atoms with Crippen molar-refractivity contribution in [3.8, 4) is 6.07 Å². The number of nitriles is 1. The van der Waals surface area contributed by atoms with E-state index in [1.165, 1.54) is 0 Å². The summed E-state index contributed by atoms with van der Waals surface area (Å²) < 4.78 is 1.55. The minimum atomic E-state index is -1.35. The first-order valence-electron chi connectivity index (χ1n) is 6.70. The van der Waals surface area contributed by atoms with Crippen molar-refractivity contribution >= 4 is 0 Å². The van der Waals surface area contributed by atoms with E-state index in [-0.39, 0.29) is 6.54 Å². The fraction of sp³-hybridized carbons (Fsp3) is 0.125. The fourth-order valence-electron chi connectivity index (χ4n) is 2.35. The van der Waals surface area contributed by atoms with Crippen LogP contribution >= 0.6 is 0 Å². The van der Waals surface area contributed by atoms with Crippen LogP contribution in [0.4, 0.5) is 0 Å². The number of aliphatic hydroxyl groups is 1. The summed E-state index contributed by atoms with van der Waals surface area (Å²) in [7, 11) is 0. The molecule has 2 heterocycles. The summed E-state index contributed by atoms with van der Waals surface area (Å²) in [5.41, 5.74) is 0.364. The molecule has 0 saturated carbocycles. The number of pyridine rings is 1. The van der Waals surface area contributed by atoms with E-state index in [1.54, 1.807) is 65.9 Å². The second kappa shape index (κ2) is 5.76. The van der Waals surface area contributed by atoms with Gasteiger partial charge in [-0.05, 0) is 23.8 Å². The standard InChI is InChI=1S/C16H13N5O/c17-10-13-3-1-4-14(9-13)16(22,12-21-8-7-19-20-21)15-5-2-6-18-11-15/h1-9,11,22H,12H2. The second-order valence-electron chi connectivity index (χ2n) is 4.90. The Hall–Kier alpha value is -3.04. The molecule has 0 aliphatic rings. The third kappa shape index (κ3) is 2.57. The zero-order chi connectivity index (χ0) is 15.4. The Morgan fingerprint density at radius 2 is 2.05 bits per heavy atom. The average Bonchev–Trinajstić information content (AvgIpc) is 3.08. The molecule has 1 unspecified atom stereocenters. The van der Waals surface area contributed by atoms with Gasteiger partial charge in [0.15, 0.2) is 0 Å². The zero-order valence-electron chi connectivity index (χ0n) is 11.7. The van der Waals surface area contributed by atoms with Crippen LogP contribution in [0.5, 0.6) is 0 Å². The monoisotopic (exact) mass is 291 g/mol. The van der Waals surface area contributed by atoms with Crippen LogP contribution in [-0.4, -0.2) is 25.1 Å². The first kappa shape index (κ1) is 13.9. The Morgan fingerprint density at radius 3 is 2.73 bits per heavy atom. The fourth-order valence-corrected chi connectivity index (χ4v) is 2.35. The number of aromatic nitrogens is 4. The van der Waals surface area contributed by atoms with Gasteiger partial charge in [-0.15, -0.1) is 5.10 Å². The Kier molecular flexibility index (Phi) is 3.64. The minimum Gasteiger partial charge on any atom is -0.378 e. The van der Waals surface area contributed by atoms with Gasteiger partial charge in [0.1, 0.15) is 5.60 Å². The van der Waals surface area contributed by atoms with Gasteiger partial charge in [-0.25, -0.2) is 4.68 Å². The smallest absolute Gasteiger partial charge is 0.136 e. The molecule has 0 bridgehead atoms. The third-order valence-electron chi connectivity index (χ3n) is 3.47. The Bertz CT molecular complexity index is 795. The number of benzene rings is 1. The molecule has 22 heavy (non-hydrogen) atoms. The molecule has 1 aromatic carbocycles. The lowest BCUT2D eigenvalue weighted by atomic mass is 9.86. The molecular formula is C16H13N5O. The second-order valence-corrected chi connectivity index (χ2v) is 4.90. The molecule has 108 valence electrons. The summed E-state index contributed by atoms with van der Waals surface area (Å²) >= 11 is 0. The number of rotatable bonds is 4. The van der Waals surface area contributed by atoms with Crippen LogP contribution in [0.3, 0.4) is 0 Å². The molecule has 3 aromatic rings. The van der Waals surface area contributed by atoms with Crippen molar-refractivity contribution in [3.05, 3.63) is 77.9 Å². The maximum Gasteiger partial charge on any atom is 0.136 e. The first-order chi connectivity index (χ1) is 10.7. The van der Waals surface area contributed by atoms with Gasteiger partial charge in [-0.2, -0.15) is 5.26 Å². The van der Waals surface area contributed by atoms with Gasteiger partial charge in [0, 0.05) is 24.2 Å². The molecule has 1 N–H and O–H groups in total.